The predicted molar refractivity (Wildman–Crippen MR) is 110 cm³/mol. The number of hydrazine groups is 1. The van der Waals surface area contributed by atoms with Crippen LogP contribution in [0.25, 0.3) is 0 Å². The van der Waals surface area contributed by atoms with Gasteiger partial charge in [0.15, 0.2) is 6.29 Å². The monoisotopic (exact) mass is 406 g/mol. The quantitative estimate of drug-likeness (QED) is 0.362. The zero-order valence-electron chi connectivity index (χ0n) is 17.5. The number of amides is 2. The molecule has 2 amide bonds. The van der Waals surface area contributed by atoms with Crippen LogP contribution in [0.5, 0.6) is 0 Å². The second kappa shape index (κ2) is 8.59. The first-order valence-corrected chi connectivity index (χ1v) is 10.7. The highest BCUT2D eigenvalue weighted by atomic mass is 16.5. The minimum Gasteiger partial charge on any atom is -0.381 e. The summed E-state index contributed by atoms with van der Waals surface area (Å²) in [5, 5.41) is 8.27. The van der Waals surface area contributed by atoms with E-state index >= 15 is 0 Å². The van der Waals surface area contributed by atoms with Gasteiger partial charge >= 0.3 is 6.03 Å². The Balaban J connectivity index is 1.40. The van der Waals surface area contributed by atoms with E-state index in [1.54, 1.807) is 0 Å². The molecule has 3 fully saturated rings. The third-order valence-corrected chi connectivity index (χ3v) is 6.51. The molecule has 4 aliphatic rings. The summed E-state index contributed by atoms with van der Waals surface area (Å²) in [7, 11) is 0. The molecule has 9 heteroatoms. The molecule has 0 aromatic carbocycles. The highest BCUT2D eigenvalue weighted by molar-refractivity contribution is 6.08. The number of nitrogens with zero attached hydrogens (tertiary/aromatic N) is 3. The molecule has 0 radical (unpaired) electrons. The summed E-state index contributed by atoms with van der Waals surface area (Å²) >= 11 is 0. The number of carbonyl (C=O) groups excluding carboxylic acids is 1. The molecule has 162 valence electrons. The van der Waals surface area contributed by atoms with Crippen molar-refractivity contribution in [3.63, 3.8) is 0 Å². The SMILES string of the molecule is CC1(C)C2=CNC(NC3CCOCC3)N=C2CN1C(=O)N(N)CC1CCOCC1. The Morgan fingerprint density at radius 1 is 1.28 bits per heavy atom. The van der Waals surface area contributed by atoms with E-state index in [2.05, 4.69) is 24.5 Å². The molecule has 0 saturated carbocycles. The lowest BCUT2D eigenvalue weighted by Crippen LogP contribution is -2.54. The Hall–Kier alpha value is -1.68. The Morgan fingerprint density at radius 2 is 1.93 bits per heavy atom. The van der Waals surface area contributed by atoms with Crippen molar-refractivity contribution < 1.29 is 14.3 Å². The number of nitrogens with two attached hydrogens (primary N) is 1. The molecule has 29 heavy (non-hydrogen) atoms. The molecule has 9 nitrogen and oxygen atoms in total. The van der Waals surface area contributed by atoms with Crippen LogP contribution in [-0.2, 0) is 9.47 Å². The average molecular weight is 407 g/mol. The van der Waals surface area contributed by atoms with E-state index in [9.17, 15) is 4.79 Å². The lowest BCUT2D eigenvalue weighted by Gasteiger charge is -2.36. The Morgan fingerprint density at radius 3 is 2.62 bits per heavy atom. The fourth-order valence-electron chi connectivity index (χ4n) is 4.58. The van der Waals surface area contributed by atoms with Gasteiger partial charge in [0.2, 0.25) is 0 Å². The van der Waals surface area contributed by atoms with Crippen molar-refractivity contribution in [2.45, 2.75) is 57.4 Å². The van der Waals surface area contributed by atoms with Gasteiger partial charge in [-0.3, -0.25) is 10.3 Å². The molecule has 3 saturated heterocycles. The molecule has 1 unspecified atom stereocenters. The maximum absolute atomic E-state index is 13.1. The minimum atomic E-state index is -0.458. The lowest BCUT2D eigenvalue weighted by atomic mass is 9.94. The van der Waals surface area contributed by atoms with Crippen molar-refractivity contribution >= 4 is 11.7 Å². The van der Waals surface area contributed by atoms with Crippen LogP contribution in [0.3, 0.4) is 0 Å². The van der Waals surface area contributed by atoms with Crippen molar-refractivity contribution in [3.05, 3.63) is 11.8 Å². The van der Waals surface area contributed by atoms with Crippen LogP contribution in [0.1, 0.15) is 39.5 Å². The van der Waals surface area contributed by atoms with Gasteiger partial charge in [0, 0.05) is 50.8 Å². The number of fused-ring (bicyclic) bond motifs is 1. The van der Waals surface area contributed by atoms with E-state index in [4.69, 9.17) is 20.3 Å². The van der Waals surface area contributed by atoms with E-state index in [-0.39, 0.29) is 12.3 Å². The van der Waals surface area contributed by atoms with Crippen molar-refractivity contribution in [1.82, 2.24) is 20.5 Å². The minimum absolute atomic E-state index is 0.145. The summed E-state index contributed by atoms with van der Waals surface area (Å²) in [4.78, 5) is 19.8. The van der Waals surface area contributed by atoms with Gasteiger partial charge in [-0.25, -0.2) is 15.6 Å². The Kier molecular flexibility index (Phi) is 6.10. The zero-order chi connectivity index (χ0) is 20.4. The molecule has 4 aliphatic heterocycles. The number of aliphatic imine (C=N–C) groups is 1. The van der Waals surface area contributed by atoms with Gasteiger partial charge in [0.25, 0.3) is 0 Å². The van der Waals surface area contributed by atoms with E-state index in [0.717, 1.165) is 63.4 Å². The number of nitrogens with one attached hydrogen (secondary N) is 2. The fourth-order valence-corrected chi connectivity index (χ4v) is 4.58. The van der Waals surface area contributed by atoms with Crippen LogP contribution in [0.2, 0.25) is 0 Å². The van der Waals surface area contributed by atoms with Gasteiger partial charge in [-0.15, -0.1) is 0 Å². The summed E-state index contributed by atoms with van der Waals surface area (Å²) in [6, 6.07) is 0.250. The summed E-state index contributed by atoms with van der Waals surface area (Å²) in [6.45, 7) is 8.22. The zero-order valence-corrected chi connectivity index (χ0v) is 17.5. The number of rotatable bonds is 4. The molecule has 1 atom stereocenters. The maximum Gasteiger partial charge on any atom is 0.335 e. The number of likely N-dealkylation sites (tertiary alicyclic amines) is 1. The molecule has 4 heterocycles. The Bertz CT molecular complexity index is 667. The van der Waals surface area contributed by atoms with Crippen LogP contribution in [0, 0.1) is 5.92 Å². The van der Waals surface area contributed by atoms with Crippen LogP contribution in [0.15, 0.2) is 16.8 Å². The van der Waals surface area contributed by atoms with E-state index < -0.39 is 5.54 Å². The van der Waals surface area contributed by atoms with Gasteiger partial charge in [-0.1, -0.05) is 0 Å². The average Bonchev–Trinajstić information content (AvgIpc) is 2.99. The first-order chi connectivity index (χ1) is 13.9. The van der Waals surface area contributed by atoms with Crippen LogP contribution in [-0.4, -0.2) is 79.0 Å². The maximum atomic E-state index is 13.1. The second-order valence-electron chi connectivity index (χ2n) is 8.89. The predicted octanol–water partition coefficient (Wildman–Crippen LogP) is 0.783. The van der Waals surface area contributed by atoms with Gasteiger partial charge in [-0.2, -0.15) is 0 Å². The third kappa shape index (κ3) is 4.42. The molecule has 0 spiro atoms. The van der Waals surface area contributed by atoms with Crippen molar-refractivity contribution in [3.8, 4) is 0 Å². The largest absolute Gasteiger partial charge is 0.381 e. The number of hydrogen-bond donors (Lipinski definition) is 3. The highest BCUT2D eigenvalue weighted by Gasteiger charge is 2.46. The lowest BCUT2D eigenvalue weighted by molar-refractivity contribution is 0.0520. The second-order valence-corrected chi connectivity index (χ2v) is 8.89. The van der Waals surface area contributed by atoms with Crippen molar-refractivity contribution in [2.24, 2.45) is 16.8 Å². The van der Waals surface area contributed by atoms with Crippen molar-refractivity contribution in [2.75, 3.05) is 39.5 Å². The number of carbonyl (C=O) groups is 1. The molecule has 0 aliphatic carbocycles. The molecule has 0 bridgehead atoms. The Labute approximate surface area is 172 Å². The van der Waals surface area contributed by atoms with Gasteiger partial charge < -0.3 is 19.7 Å². The third-order valence-electron chi connectivity index (χ3n) is 6.51. The van der Waals surface area contributed by atoms with E-state index in [0.29, 0.717) is 25.0 Å². The molecule has 4 N–H and O–H groups in total. The van der Waals surface area contributed by atoms with Crippen LogP contribution in [0.4, 0.5) is 4.79 Å². The normalized spacial score (nSPS) is 27.7. The number of hydrogen-bond acceptors (Lipinski definition) is 7. The van der Waals surface area contributed by atoms with E-state index in [1.165, 1.54) is 5.01 Å². The number of ether oxygens (including phenoxy) is 2. The first kappa shape index (κ1) is 20.6. The van der Waals surface area contributed by atoms with E-state index in [1.807, 2.05) is 11.1 Å². The molecule has 0 aromatic rings. The summed E-state index contributed by atoms with van der Waals surface area (Å²) in [5.74, 6) is 6.59. The van der Waals surface area contributed by atoms with Crippen LogP contribution >= 0.6 is 0 Å². The smallest absolute Gasteiger partial charge is 0.335 e. The van der Waals surface area contributed by atoms with Crippen molar-refractivity contribution in [1.29, 1.82) is 0 Å². The summed E-state index contributed by atoms with van der Waals surface area (Å²) in [6.07, 6.45) is 5.72. The van der Waals surface area contributed by atoms with Gasteiger partial charge in [0.05, 0.1) is 17.8 Å². The molecule has 4 rings (SSSR count). The number of urea groups is 1. The topological polar surface area (TPSA) is 104 Å². The fraction of sp³-hybridized carbons (Fsp3) is 0.800. The molecular formula is C20H34N6O3. The highest BCUT2D eigenvalue weighted by Crippen LogP contribution is 2.34. The molecular weight excluding hydrogens is 372 g/mol. The summed E-state index contributed by atoms with van der Waals surface area (Å²) < 4.78 is 10.8. The standard InChI is InChI=1S/C20H34N6O3/c1-20(2)16-11-22-18(23-15-5-9-29-10-6-15)24-17(16)13-25(20)19(27)26(21)12-14-3-7-28-8-4-14/h11,14-15,18,22-23H,3-10,12-13,21H2,1-2H3. The van der Waals surface area contributed by atoms with Gasteiger partial charge in [0.1, 0.15) is 0 Å². The van der Waals surface area contributed by atoms with Crippen LogP contribution < -0.4 is 16.5 Å². The van der Waals surface area contributed by atoms with Gasteiger partial charge in [-0.05, 0) is 45.4 Å². The first-order valence-electron chi connectivity index (χ1n) is 10.7. The summed E-state index contributed by atoms with van der Waals surface area (Å²) in [5.41, 5.74) is 1.54. The molecule has 0 aromatic heterocycles.